The number of thiazole rings is 1. The van der Waals surface area contributed by atoms with Gasteiger partial charge in [-0.1, -0.05) is 24.3 Å². The summed E-state index contributed by atoms with van der Waals surface area (Å²) in [5.41, 5.74) is 2.75. The van der Waals surface area contributed by atoms with Crippen molar-refractivity contribution in [2.45, 2.75) is 11.8 Å². The number of nitrogens with one attached hydrogen (secondary N) is 3. The van der Waals surface area contributed by atoms with Crippen LogP contribution in [0.25, 0.3) is 17.3 Å². The summed E-state index contributed by atoms with van der Waals surface area (Å²) in [5.74, 6) is -0.460. The summed E-state index contributed by atoms with van der Waals surface area (Å²) < 4.78 is 5.48. The molecule has 48 heavy (non-hydrogen) atoms. The molecule has 5 aromatic rings. The highest BCUT2D eigenvalue weighted by Crippen LogP contribution is 2.27. The molecular formula is C35H29N5O6S2. The average molecular weight is 680 g/mol. The van der Waals surface area contributed by atoms with Gasteiger partial charge in [0.15, 0.2) is 5.13 Å². The van der Waals surface area contributed by atoms with E-state index in [1.54, 1.807) is 48.5 Å². The van der Waals surface area contributed by atoms with Crippen LogP contribution in [0.2, 0.25) is 0 Å². The zero-order chi connectivity index (χ0) is 33.9. The predicted octanol–water partition coefficient (Wildman–Crippen LogP) is 7.26. The quantitative estimate of drug-likeness (QED) is 0.0509. The molecule has 3 amide bonds. The molecule has 0 atom stereocenters. The Morgan fingerprint density at radius 2 is 1.69 bits per heavy atom. The van der Waals surface area contributed by atoms with Crippen molar-refractivity contribution in [3.8, 4) is 17.0 Å². The lowest BCUT2D eigenvalue weighted by molar-refractivity contribution is -0.384. The maximum absolute atomic E-state index is 13.4. The van der Waals surface area contributed by atoms with Gasteiger partial charge in [-0.3, -0.25) is 24.5 Å². The van der Waals surface area contributed by atoms with Crippen molar-refractivity contribution in [1.82, 2.24) is 10.3 Å². The SMILES string of the molecule is CCOc1ccc(-c2csc(NC(=O)CSc3cccc(NC(=O)/C(=C\c4ccc([N+](=O)[O-])cc4)NC(=O)c4ccccc4)c3)n2)cc1. The van der Waals surface area contributed by atoms with Crippen molar-refractivity contribution in [2.24, 2.45) is 0 Å². The van der Waals surface area contributed by atoms with Crippen LogP contribution in [0, 0.1) is 10.1 Å². The fourth-order valence-electron chi connectivity index (χ4n) is 4.32. The van der Waals surface area contributed by atoms with E-state index in [4.69, 9.17) is 4.74 Å². The number of carbonyl (C=O) groups excluding carboxylic acids is 3. The van der Waals surface area contributed by atoms with Gasteiger partial charge in [0.1, 0.15) is 11.4 Å². The van der Waals surface area contributed by atoms with Gasteiger partial charge in [0.25, 0.3) is 17.5 Å². The molecule has 0 saturated heterocycles. The van der Waals surface area contributed by atoms with Gasteiger partial charge in [-0.15, -0.1) is 23.1 Å². The molecule has 0 unspecified atom stereocenters. The maximum atomic E-state index is 13.4. The van der Waals surface area contributed by atoms with Crippen LogP contribution < -0.4 is 20.7 Å². The van der Waals surface area contributed by atoms with Crippen LogP contribution >= 0.6 is 23.1 Å². The number of rotatable bonds is 13. The number of ether oxygens (including phenoxy) is 1. The van der Waals surface area contributed by atoms with E-state index < -0.39 is 16.7 Å². The first-order chi connectivity index (χ1) is 23.3. The molecule has 3 N–H and O–H groups in total. The Labute approximate surface area is 284 Å². The summed E-state index contributed by atoms with van der Waals surface area (Å²) in [6, 6.07) is 28.5. The number of hydrogen-bond donors (Lipinski definition) is 3. The highest BCUT2D eigenvalue weighted by molar-refractivity contribution is 8.00. The van der Waals surface area contributed by atoms with Gasteiger partial charge in [-0.05, 0) is 85.3 Å². The number of hydrogen-bond acceptors (Lipinski definition) is 9. The Hall–Kier alpha value is -5.79. The van der Waals surface area contributed by atoms with Crippen molar-refractivity contribution in [3.63, 3.8) is 0 Å². The fraction of sp³-hybridized carbons (Fsp3) is 0.0857. The molecule has 13 heteroatoms. The number of carbonyl (C=O) groups is 3. The summed E-state index contributed by atoms with van der Waals surface area (Å²) >= 11 is 2.61. The van der Waals surface area contributed by atoms with Gasteiger partial charge in [0, 0.05) is 39.2 Å². The number of nitrogens with zero attached hydrogens (tertiary/aromatic N) is 2. The third kappa shape index (κ3) is 9.37. The Morgan fingerprint density at radius 3 is 2.40 bits per heavy atom. The van der Waals surface area contributed by atoms with Crippen LogP contribution in [-0.2, 0) is 9.59 Å². The van der Waals surface area contributed by atoms with Crippen LogP contribution in [0.5, 0.6) is 5.75 Å². The summed E-state index contributed by atoms with van der Waals surface area (Å²) in [6.45, 7) is 2.51. The van der Waals surface area contributed by atoms with Crippen LogP contribution in [0.15, 0.2) is 119 Å². The molecule has 0 radical (unpaired) electrons. The lowest BCUT2D eigenvalue weighted by atomic mass is 10.1. The highest BCUT2D eigenvalue weighted by Gasteiger charge is 2.16. The third-order valence-electron chi connectivity index (χ3n) is 6.62. The smallest absolute Gasteiger partial charge is 0.272 e. The Bertz CT molecular complexity index is 1940. The monoisotopic (exact) mass is 679 g/mol. The van der Waals surface area contributed by atoms with E-state index in [9.17, 15) is 24.5 Å². The van der Waals surface area contributed by atoms with E-state index in [-0.39, 0.29) is 23.0 Å². The standard InChI is InChI=1S/C35H29N5O6S2/c1-2-46-28-17-13-24(14-18-28)31-21-48-35(38-31)39-32(41)22-47-29-10-6-9-26(20-29)36-34(43)30(37-33(42)25-7-4-3-5-8-25)19-23-11-15-27(16-12-23)40(44)45/h3-21H,2,22H2,1H3,(H,36,43)(H,37,42)(H,38,39,41)/b30-19+. The fourth-order valence-corrected chi connectivity index (χ4v) is 5.81. The molecule has 0 fully saturated rings. The van der Waals surface area contributed by atoms with Gasteiger partial charge in [0.2, 0.25) is 5.91 Å². The van der Waals surface area contributed by atoms with E-state index in [1.807, 2.05) is 42.6 Å². The summed E-state index contributed by atoms with van der Waals surface area (Å²) in [7, 11) is 0. The zero-order valence-electron chi connectivity index (χ0n) is 25.5. The largest absolute Gasteiger partial charge is 0.494 e. The lowest BCUT2D eigenvalue weighted by Gasteiger charge is -2.12. The Kier molecular flexibility index (Phi) is 11.3. The van der Waals surface area contributed by atoms with Crippen molar-refractivity contribution >= 4 is 63.4 Å². The molecule has 0 bridgehead atoms. The van der Waals surface area contributed by atoms with Gasteiger partial charge < -0.3 is 20.7 Å². The molecule has 1 aromatic heterocycles. The Balaban J connectivity index is 1.22. The first kappa shape index (κ1) is 33.6. The van der Waals surface area contributed by atoms with Crippen LogP contribution in [0.4, 0.5) is 16.5 Å². The third-order valence-corrected chi connectivity index (χ3v) is 8.37. The predicted molar refractivity (Wildman–Crippen MR) is 188 cm³/mol. The second-order valence-corrected chi connectivity index (χ2v) is 11.9. The van der Waals surface area contributed by atoms with E-state index in [0.29, 0.717) is 28.6 Å². The number of benzene rings is 4. The molecule has 11 nitrogen and oxygen atoms in total. The summed E-state index contributed by atoms with van der Waals surface area (Å²) in [5, 5.41) is 21.7. The molecule has 0 spiro atoms. The number of thioether (sulfide) groups is 1. The minimum atomic E-state index is -0.607. The Morgan fingerprint density at radius 1 is 0.938 bits per heavy atom. The lowest BCUT2D eigenvalue weighted by Crippen LogP contribution is -2.30. The normalized spacial score (nSPS) is 11.0. The van der Waals surface area contributed by atoms with Gasteiger partial charge in [-0.2, -0.15) is 0 Å². The van der Waals surface area contributed by atoms with Gasteiger partial charge in [0.05, 0.1) is 23.0 Å². The second-order valence-electron chi connectivity index (χ2n) is 10.0. The van der Waals surface area contributed by atoms with Gasteiger partial charge in [-0.25, -0.2) is 4.98 Å². The van der Waals surface area contributed by atoms with Crippen LogP contribution in [-0.4, -0.2) is 40.0 Å². The number of nitro groups is 1. The highest BCUT2D eigenvalue weighted by atomic mass is 32.2. The first-order valence-corrected chi connectivity index (χ1v) is 16.5. The maximum Gasteiger partial charge on any atom is 0.272 e. The topological polar surface area (TPSA) is 153 Å². The van der Waals surface area contributed by atoms with Crippen molar-refractivity contribution in [3.05, 3.63) is 135 Å². The van der Waals surface area contributed by atoms with E-state index >= 15 is 0 Å². The molecule has 5 rings (SSSR count). The molecule has 4 aromatic carbocycles. The first-order valence-electron chi connectivity index (χ1n) is 14.6. The van der Waals surface area contributed by atoms with Crippen molar-refractivity contribution < 1.29 is 24.0 Å². The molecular weight excluding hydrogens is 651 g/mol. The number of amides is 3. The minimum absolute atomic E-state index is 0.0665. The molecule has 0 saturated carbocycles. The van der Waals surface area contributed by atoms with Crippen molar-refractivity contribution in [2.75, 3.05) is 23.0 Å². The summed E-state index contributed by atoms with van der Waals surface area (Å²) in [6.07, 6.45) is 1.43. The van der Waals surface area contributed by atoms with E-state index in [2.05, 4.69) is 20.9 Å². The van der Waals surface area contributed by atoms with Crippen molar-refractivity contribution in [1.29, 1.82) is 0 Å². The number of nitro benzene ring substituents is 1. The molecule has 0 aliphatic rings. The molecule has 1 heterocycles. The van der Waals surface area contributed by atoms with E-state index in [1.165, 1.54) is 53.4 Å². The van der Waals surface area contributed by atoms with Crippen LogP contribution in [0.1, 0.15) is 22.8 Å². The number of anilines is 2. The molecule has 0 aliphatic carbocycles. The second kappa shape index (κ2) is 16.2. The van der Waals surface area contributed by atoms with Gasteiger partial charge >= 0.3 is 0 Å². The summed E-state index contributed by atoms with van der Waals surface area (Å²) in [4.78, 5) is 54.8. The van der Waals surface area contributed by atoms with E-state index in [0.717, 1.165) is 21.9 Å². The van der Waals surface area contributed by atoms with Crippen LogP contribution in [0.3, 0.4) is 0 Å². The zero-order valence-corrected chi connectivity index (χ0v) is 27.2. The number of aromatic nitrogens is 1. The molecule has 242 valence electrons. The average Bonchev–Trinajstić information content (AvgIpc) is 3.56. The number of non-ortho nitro benzene ring substituents is 1. The molecule has 0 aliphatic heterocycles. The minimum Gasteiger partial charge on any atom is -0.494 e.